The summed E-state index contributed by atoms with van der Waals surface area (Å²) in [6, 6.07) is 0.567. The molecule has 3 heteroatoms. The van der Waals surface area contributed by atoms with Crippen molar-refractivity contribution in [3.63, 3.8) is 0 Å². The summed E-state index contributed by atoms with van der Waals surface area (Å²) in [4.78, 5) is 0. The minimum atomic E-state index is 0.567. The molecule has 0 bridgehead atoms. The van der Waals surface area contributed by atoms with Crippen molar-refractivity contribution >= 4 is 0 Å². The van der Waals surface area contributed by atoms with Gasteiger partial charge in [0.25, 0.3) is 0 Å². The van der Waals surface area contributed by atoms with Gasteiger partial charge in [0.2, 0.25) is 0 Å². The predicted octanol–water partition coefficient (Wildman–Crippen LogP) is -0.280. The molecule has 3 nitrogen and oxygen atoms in total. The Kier molecular flexibility index (Phi) is 1.83. The van der Waals surface area contributed by atoms with E-state index in [0.29, 0.717) is 6.04 Å². The van der Waals surface area contributed by atoms with Crippen LogP contribution in [0.25, 0.3) is 0 Å². The Bertz CT molecular complexity index is 68.1. The molecule has 1 heterocycles. The molecule has 0 spiro atoms. The van der Waals surface area contributed by atoms with E-state index in [1.165, 1.54) is 0 Å². The van der Waals surface area contributed by atoms with E-state index >= 15 is 0 Å². The van der Waals surface area contributed by atoms with Crippen LogP contribution in [0.5, 0.6) is 0 Å². The van der Waals surface area contributed by atoms with Gasteiger partial charge in [0.15, 0.2) is 0 Å². The van der Waals surface area contributed by atoms with E-state index in [-0.39, 0.29) is 0 Å². The van der Waals surface area contributed by atoms with Gasteiger partial charge in [-0.05, 0) is 13.8 Å². The molecule has 0 atom stereocenters. The van der Waals surface area contributed by atoms with Crippen LogP contribution in [0.1, 0.15) is 13.8 Å². The van der Waals surface area contributed by atoms with E-state index in [1.54, 1.807) is 0 Å². The monoisotopic (exact) mass is 115 g/mol. The van der Waals surface area contributed by atoms with Gasteiger partial charge in [-0.2, -0.15) is 0 Å². The van der Waals surface area contributed by atoms with Gasteiger partial charge in [-0.1, -0.05) is 0 Å². The number of nitrogens with zero attached hydrogens (tertiary/aromatic N) is 1. The first kappa shape index (κ1) is 6.01. The normalized spacial score (nSPS) is 21.4. The Hall–Kier alpha value is -0.120. The summed E-state index contributed by atoms with van der Waals surface area (Å²) in [6.45, 7) is 6.24. The third kappa shape index (κ3) is 1.43. The lowest BCUT2D eigenvalue weighted by Crippen LogP contribution is -2.60. The van der Waals surface area contributed by atoms with Crippen molar-refractivity contribution in [1.82, 2.24) is 15.8 Å². The van der Waals surface area contributed by atoms with Crippen LogP contribution < -0.4 is 10.7 Å². The second-order valence-electron chi connectivity index (χ2n) is 2.39. The Balaban J connectivity index is 2.01. The number of nitrogens with one attached hydrogen (secondary N) is 2. The summed E-state index contributed by atoms with van der Waals surface area (Å²) in [5, 5.41) is 5.27. The molecule has 48 valence electrons. The van der Waals surface area contributed by atoms with Gasteiger partial charge >= 0.3 is 0 Å². The van der Waals surface area contributed by atoms with Crippen LogP contribution in [0.4, 0.5) is 0 Å². The van der Waals surface area contributed by atoms with Gasteiger partial charge in [0.1, 0.15) is 0 Å². The van der Waals surface area contributed by atoms with Gasteiger partial charge in [0.05, 0.1) is 13.3 Å². The maximum absolute atomic E-state index is 3.25. The quantitative estimate of drug-likeness (QED) is 0.518. The Morgan fingerprint density at radius 3 is 2.25 bits per heavy atom. The highest BCUT2D eigenvalue weighted by atomic mass is 15.6. The fourth-order valence-corrected chi connectivity index (χ4v) is 0.680. The SMILES string of the molecule is CC(C)NN1CNC1. The molecule has 0 amide bonds. The van der Waals surface area contributed by atoms with E-state index in [4.69, 9.17) is 0 Å². The van der Waals surface area contributed by atoms with E-state index < -0.39 is 0 Å². The van der Waals surface area contributed by atoms with E-state index in [9.17, 15) is 0 Å². The van der Waals surface area contributed by atoms with Crippen LogP contribution in [-0.2, 0) is 0 Å². The highest BCUT2D eigenvalue weighted by Crippen LogP contribution is 1.88. The van der Waals surface area contributed by atoms with Crippen molar-refractivity contribution in [2.24, 2.45) is 0 Å². The molecule has 0 aromatic rings. The minimum Gasteiger partial charge on any atom is -0.289 e. The van der Waals surface area contributed by atoms with Crippen LogP contribution in [0.15, 0.2) is 0 Å². The third-order valence-corrected chi connectivity index (χ3v) is 1.05. The number of hydrogen-bond donors (Lipinski definition) is 2. The maximum atomic E-state index is 3.25. The topological polar surface area (TPSA) is 27.3 Å². The highest BCUT2D eigenvalue weighted by Gasteiger charge is 2.11. The molecular weight excluding hydrogens is 102 g/mol. The average Bonchev–Trinajstić information content (AvgIpc) is 1.55. The first-order valence-corrected chi connectivity index (χ1v) is 3.01. The molecule has 0 aromatic carbocycles. The smallest absolute Gasteiger partial charge is 0.0645 e. The second-order valence-corrected chi connectivity index (χ2v) is 2.39. The van der Waals surface area contributed by atoms with Crippen molar-refractivity contribution in [2.45, 2.75) is 19.9 Å². The lowest BCUT2D eigenvalue weighted by molar-refractivity contribution is 0.0604. The standard InChI is InChI=1S/C5H13N3/c1-5(2)7-8-3-6-4-8/h5-7H,3-4H2,1-2H3. The molecular formula is C5H13N3. The molecule has 0 saturated carbocycles. The molecule has 0 aromatic heterocycles. The van der Waals surface area contributed by atoms with E-state index in [1.807, 2.05) is 0 Å². The summed E-state index contributed by atoms with van der Waals surface area (Å²) in [7, 11) is 0. The van der Waals surface area contributed by atoms with Crippen molar-refractivity contribution in [3.05, 3.63) is 0 Å². The summed E-state index contributed by atoms with van der Waals surface area (Å²) in [5.74, 6) is 0. The zero-order chi connectivity index (χ0) is 5.98. The number of hydrogen-bond acceptors (Lipinski definition) is 3. The molecule has 1 aliphatic rings. The Morgan fingerprint density at radius 1 is 1.50 bits per heavy atom. The Morgan fingerprint density at radius 2 is 2.12 bits per heavy atom. The fraction of sp³-hybridized carbons (Fsp3) is 1.00. The molecule has 1 saturated heterocycles. The van der Waals surface area contributed by atoms with Crippen LogP contribution >= 0.6 is 0 Å². The lowest BCUT2D eigenvalue weighted by atomic mass is 10.4. The number of rotatable bonds is 2. The van der Waals surface area contributed by atoms with Gasteiger partial charge in [-0.25, -0.2) is 5.01 Å². The summed E-state index contributed by atoms with van der Waals surface area (Å²) in [5.41, 5.74) is 3.25. The van der Waals surface area contributed by atoms with E-state index in [0.717, 1.165) is 13.3 Å². The van der Waals surface area contributed by atoms with Crippen LogP contribution in [0.2, 0.25) is 0 Å². The predicted molar refractivity (Wildman–Crippen MR) is 33.0 cm³/mol. The van der Waals surface area contributed by atoms with Crippen molar-refractivity contribution < 1.29 is 0 Å². The largest absolute Gasteiger partial charge is 0.289 e. The highest BCUT2D eigenvalue weighted by molar-refractivity contribution is 4.59. The summed E-state index contributed by atoms with van der Waals surface area (Å²) < 4.78 is 0. The zero-order valence-electron chi connectivity index (χ0n) is 5.44. The van der Waals surface area contributed by atoms with Gasteiger partial charge in [-0.3, -0.25) is 10.7 Å². The molecule has 0 aliphatic carbocycles. The summed E-state index contributed by atoms with van der Waals surface area (Å²) in [6.07, 6.45) is 0. The van der Waals surface area contributed by atoms with Crippen LogP contribution in [0.3, 0.4) is 0 Å². The molecule has 0 unspecified atom stereocenters. The first-order valence-electron chi connectivity index (χ1n) is 3.01. The van der Waals surface area contributed by atoms with Crippen molar-refractivity contribution in [1.29, 1.82) is 0 Å². The fourth-order valence-electron chi connectivity index (χ4n) is 0.680. The molecule has 1 rings (SSSR count). The first-order chi connectivity index (χ1) is 3.79. The zero-order valence-corrected chi connectivity index (χ0v) is 5.44. The maximum Gasteiger partial charge on any atom is 0.0645 e. The molecule has 1 aliphatic heterocycles. The van der Waals surface area contributed by atoms with Crippen molar-refractivity contribution in [3.8, 4) is 0 Å². The second kappa shape index (κ2) is 2.44. The molecule has 8 heavy (non-hydrogen) atoms. The van der Waals surface area contributed by atoms with Crippen LogP contribution in [-0.4, -0.2) is 24.4 Å². The lowest BCUT2D eigenvalue weighted by Gasteiger charge is -2.33. The third-order valence-electron chi connectivity index (χ3n) is 1.05. The van der Waals surface area contributed by atoms with E-state index in [2.05, 4.69) is 29.6 Å². The Labute approximate surface area is 50.0 Å². The molecule has 1 fully saturated rings. The average molecular weight is 115 g/mol. The molecule has 0 radical (unpaired) electrons. The van der Waals surface area contributed by atoms with Gasteiger partial charge in [-0.15, -0.1) is 0 Å². The molecule has 2 N–H and O–H groups in total. The van der Waals surface area contributed by atoms with Gasteiger partial charge in [0, 0.05) is 6.04 Å². The number of hydrazine groups is 1. The summed E-state index contributed by atoms with van der Waals surface area (Å²) >= 11 is 0. The van der Waals surface area contributed by atoms with Crippen molar-refractivity contribution in [2.75, 3.05) is 13.3 Å². The van der Waals surface area contributed by atoms with Gasteiger partial charge < -0.3 is 0 Å². The van der Waals surface area contributed by atoms with Crippen LogP contribution in [0, 0.1) is 0 Å². The minimum absolute atomic E-state index is 0.567.